The first-order valence-electron chi connectivity index (χ1n) is 4.68. The summed E-state index contributed by atoms with van der Waals surface area (Å²) in [7, 11) is 0. The van der Waals surface area contributed by atoms with E-state index in [0.29, 0.717) is 6.61 Å². The van der Waals surface area contributed by atoms with E-state index in [1.54, 1.807) is 0 Å². The molecule has 78 valence electrons. The summed E-state index contributed by atoms with van der Waals surface area (Å²) in [5.41, 5.74) is 0. The number of ether oxygens (including phenoxy) is 2. The minimum absolute atomic E-state index is 0.0579. The fraction of sp³-hybridized carbons (Fsp3) is 0.700. The second-order valence-corrected chi connectivity index (χ2v) is 2.99. The Bertz CT molecular complexity index is 232. The Hall–Kier alpha value is -0.890. The lowest BCUT2D eigenvalue weighted by atomic mass is 10.2. The molecule has 1 aliphatic rings. The molecule has 0 amide bonds. The Balaban J connectivity index is 2.15. The van der Waals surface area contributed by atoms with Gasteiger partial charge in [0, 0.05) is 6.61 Å². The lowest BCUT2D eigenvalue weighted by Crippen LogP contribution is -2.24. The standard InChI is InChI=1S/C10H14O4/c11-6-3-4-9(12)8-14-10-5-1-2-7-13-10/h10-11H,1-2,5-8H2. The van der Waals surface area contributed by atoms with Gasteiger partial charge in [0.25, 0.3) is 0 Å². The second kappa shape index (κ2) is 6.55. The van der Waals surface area contributed by atoms with Gasteiger partial charge >= 0.3 is 0 Å². The van der Waals surface area contributed by atoms with Crippen LogP contribution in [0.15, 0.2) is 0 Å². The molecular weight excluding hydrogens is 184 g/mol. The van der Waals surface area contributed by atoms with Gasteiger partial charge in [0.1, 0.15) is 13.2 Å². The number of Topliss-reactive ketones (excluding diaryl/α,β-unsaturated/α-hetero) is 1. The number of aliphatic hydroxyl groups is 1. The molecule has 1 rings (SSSR count). The van der Waals surface area contributed by atoms with Gasteiger partial charge in [0.2, 0.25) is 5.78 Å². The normalized spacial score (nSPS) is 21.1. The van der Waals surface area contributed by atoms with Gasteiger partial charge in [-0.05, 0) is 25.2 Å². The summed E-state index contributed by atoms with van der Waals surface area (Å²) < 4.78 is 10.4. The minimum atomic E-state index is -0.326. The maximum Gasteiger partial charge on any atom is 0.231 e. The van der Waals surface area contributed by atoms with Gasteiger partial charge in [0.05, 0.1) is 0 Å². The predicted molar refractivity (Wildman–Crippen MR) is 49.4 cm³/mol. The van der Waals surface area contributed by atoms with E-state index < -0.39 is 0 Å². The zero-order chi connectivity index (χ0) is 10.2. The van der Waals surface area contributed by atoms with Crippen molar-refractivity contribution in [3.63, 3.8) is 0 Å². The Morgan fingerprint density at radius 1 is 1.57 bits per heavy atom. The van der Waals surface area contributed by atoms with E-state index in [4.69, 9.17) is 14.6 Å². The highest BCUT2D eigenvalue weighted by Gasteiger charge is 2.14. The molecule has 1 unspecified atom stereocenters. The SMILES string of the molecule is O=C(C#CCO)COC1CCCCO1. The van der Waals surface area contributed by atoms with Crippen LogP contribution in [0.25, 0.3) is 0 Å². The zero-order valence-electron chi connectivity index (χ0n) is 7.99. The molecule has 0 spiro atoms. The van der Waals surface area contributed by atoms with Gasteiger partial charge in [-0.1, -0.05) is 5.92 Å². The summed E-state index contributed by atoms with van der Waals surface area (Å²) in [4.78, 5) is 11.0. The highest BCUT2D eigenvalue weighted by Crippen LogP contribution is 2.13. The Morgan fingerprint density at radius 3 is 3.07 bits per heavy atom. The van der Waals surface area contributed by atoms with E-state index >= 15 is 0 Å². The van der Waals surface area contributed by atoms with E-state index in [1.165, 1.54) is 0 Å². The van der Waals surface area contributed by atoms with Crippen molar-refractivity contribution < 1.29 is 19.4 Å². The number of hydrogen-bond acceptors (Lipinski definition) is 4. The summed E-state index contributed by atoms with van der Waals surface area (Å²) in [6, 6.07) is 0. The number of rotatable bonds is 3. The summed E-state index contributed by atoms with van der Waals surface area (Å²) in [6.07, 6.45) is 2.70. The van der Waals surface area contributed by atoms with Gasteiger partial charge in [-0.25, -0.2) is 0 Å². The van der Waals surface area contributed by atoms with Gasteiger partial charge in [0.15, 0.2) is 6.29 Å². The third-order valence-electron chi connectivity index (χ3n) is 1.85. The first-order valence-corrected chi connectivity index (χ1v) is 4.68. The molecule has 14 heavy (non-hydrogen) atoms. The fourth-order valence-electron chi connectivity index (χ4n) is 1.19. The molecular formula is C10H14O4. The minimum Gasteiger partial charge on any atom is -0.384 e. The molecule has 0 saturated carbocycles. The molecule has 0 bridgehead atoms. The molecule has 0 radical (unpaired) electrons. The number of aliphatic hydroxyl groups excluding tert-OH is 1. The Kier molecular flexibility index (Phi) is 5.23. The van der Waals surface area contributed by atoms with Crippen molar-refractivity contribution in [1.82, 2.24) is 0 Å². The van der Waals surface area contributed by atoms with Crippen LogP contribution in [0.2, 0.25) is 0 Å². The molecule has 1 N–H and O–H groups in total. The number of ketones is 1. The van der Waals surface area contributed by atoms with E-state index in [-0.39, 0.29) is 25.3 Å². The van der Waals surface area contributed by atoms with E-state index in [2.05, 4.69) is 11.8 Å². The van der Waals surface area contributed by atoms with Crippen LogP contribution in [0.1, 0.15) is 19.3 Å². The van der Waals surface area contributed by atoms with Crippen molar-refractivity contribution in [2.75, 3.05) is 19.8 Å². The predicted octanol–water partition coefficient (Wildman–Crippen LogP) is 0.0944. The van der Waals surface area contributed by atoms with Crippen LogP contribution < -0.4 is 0 Å². The van der Waals surface area contributed by atoms with Crippen LogP contribution in [0, 0.1) is 11.8 Å². The third kappa shape index (κ3) is 4.38. The molecule has 4 heteroatoms. The largest absolute Gasteiger partial charge is 0.384 e. The second-order valence-electron chi connectivity index (χ2n) is 2.99. The third-order valence-corrected chi connectivity index (χ3v) is 1.85. The Morgan fingerprint density at radius 2 is 2.43 bits per heavy atom. The van der Waals surface area contributed by atoms with Crippen LogP contribution in [-0.4, -0.2) is 37.0 Å². The highest BCUT2D eigenvalue weighted by molar-refractivity contribution is 5.96. The van der Waals surface area contributed by atoms with E-state index in [0.717, 1.165) is 19.3 Å². The summed E-state index contributed by atoms with van der Waals surface area (Å²) in [5, 5.41) is 8.34. The maximum atomic E-state index is 11.0. The first kappa shape index (κ1) is 11.2. The average molecular weight is 198 g/mol. The molecule has 0 aromatic heterocycles. The quantitative estimate of drug-likeness (QED) is 0.516. The highest BCUT2D eigenvalue weighted by atomic mass is 16.7. The summed E-state index contributed by atoms with van der Waals surface area (Å²) >= 11 is 0. The molecule has 1 heterocycles. The summed E-state index contributed by atoms with van der Waals surface area (Å²) in [5.74, 6) is 4.20. The van der Waals surface area contributed by atoms with Crippen molar-refractivity contribution in [2.45, 2.75) is 25.6 Å². The van der Waals surface area contributed by atoms with Crippen molar-refractivity contribution in [3.05, 3.63) is 0 Å². The van der Waals surface area contributed by atoms with Crippen LogP contribution in [0.4, 0.5) is 0 Å². The van der Waals surface area contributed by atoms with Gasteiger partial charge < -0.3 is 14.6 Å². The lowest BCUT2D eigenvalue weighted by molar-refractivity contribution is -0.166. The first-order chi connectivity index (χ1) is 6.83. The van der Waals surface area contributed by atoms with Crippen molar-refractivity contribution in [1.29, 1.82) is 0 Å². The number of hydrogen-bond donors (Lipinski definition) is 1. The molecule has 4 nitrogen and oxygen atoms in total. The van der Waals surface area contributed by atoms with Crippen LogP contribution in [0.5, 0.6) is 0 Å². The van der Waals surface area contributed by atoms with Crippen molar-refractivity contribution in [2.24, 2.45) is 0 Å². The number of carbonyl (C=O) groups excluding carboxylic acids is 1. The zero-order valence-corrected chi connectivity index (χ0v) is 7.99. The van der Waals surface area contributed by atoms with Crippen molar-refractivity contribution in [3.8, 4) is 11.8 Å². The fourth-order valence-corrected chi connectivity index (χ4v) is 1.19. The molecule has 0 aromatic rings. The van der Waals surface area contributed by atoms with Gasteiger partial charge in [-0.2, -0.15) is 0 Å². The van der Waals surface area contributed by atoms with Crippen LogP contribution in [0.3, 0.4) is 0 Å². The molecule has 0 aliphatic carbocycles. The maximum absolute atomic E-state index is 11.0. The molecule has 0 aromatic carbocycles. The lowest BCUT2D eigenvalue weighted by Gasteiger charge is -2.21. The molecule has 1 aliphatic heterocycles. The molecule has 1 atom stereocenters. The van der Waals surface area contributed by atoms with Crippen LogP contribution >= 0.6 is 0 Å². The van der Waals surface area contributed by atoms with Crippen molar-refractivity contribution >= 4 is 5.78 Å². The van der Waals surface area contributed by atoms with Gasteiger partial charge in [-0.3, -0.25) is 4.79 Å². The molecule has 1 saturated heterocycles. The Labute approximate surface area is 83.2 Å². The topological polar surface area (TPSA) is 55.8 Å². The van der Waals surface area contributed by atoms with E-state index in [1.807, 2.05) is 0 Å². The monoisotopic (exact) mass is 198 g/mol. The van der Waals surface area contributed by atoms with E-state index in [9.17, 15) is 4.79 Å². The molecule has 1 fully saturated rings. The van der Waals surface area contributed by atoms with Crippen LogP contribution in [-0.2, 0) is 14.3 Å². The summed E-state index contributed by atoms with van der Waals surface area (Å²) in [6.45, 7) is 0.338. The number of carbonyl (C=O) groups is 1. The average Bonchev–Trinajstić information content (AvgIpc) is 2.25. The smallest absolute Gasteiger partial charge is 0.231 e. The van der Waals surface area contributed by atoms with Gasteiger partial charge in [-0.15, -0.1) is 0 Å².